The van der Waals surface area contributed by atoms with Crippen LogP contribution in [0.5, 0.6) is 5.75 Å². The Kier molecular flexibility index (Phi) is 4.29. The molecule has 0 aromatic heterocycles. The van der Waals surface area contributed by atoms with Crippen LogP contribution < -0.4 is 4.74 Å². The lowest BCUT2D eigenvalue weighted by Crippen LogP contribution is -2.07. The van der Waals surface area contributed by atoms with Gasteiger partial charge in [0.25, 0.3) is 0 Å². The Labute approximate surface area is 114 Å². The molecule has 0 aliphatic carbocycles. The van der Waals surface area contributed by atoms with Gasteiger partial charge in [-0.25, -0.2) is 13.2 Å². The number of rotatable bonds is 4. The second kappa shape index (κ2) is 5.96. The summed E-state index contributed by atoms with van der Waals surface area (Å²) >= 11 is 0. The smallest absolute Gasteiger partial charge is 0.170 e. The number of ether oxygens (including phenoxy) is 1. The van der Waals surface area contributed by atoms with Crippen LogP contribution in [0.3, 0.4) is 0 Å². The standard InChI is InChI=1S/C15H13F3O2/c1-20-13-7-3-5-10(15(13)18)12(19)8-9-4-2-6-11(16)14(9)17/h2-7,12,19H,8H2,1H3. The van der Waals surface area contributed by atoms with Gasteiger partial charge in [-0.1, -0.05) is 24.3 Å². The molecule has 0 amide bonds. The maximum atomic E-state index is 14.0. The summed E-state index contributed by atoms with van der Waals surface area (Å²) in [6.07, 6.45) is -1.52. The SMILES string of the molecule is COc1cccc(C(O)Cc2cccc(F)c2F)c1F. The third-order valence-corrected chi connectivity index (χ3v) is 3.02. The first-order valence-corrected chi connectivity index (χ1v) is 5.98. The molecule has 0 heterocycles. The van der Waals surface area contributed by atoms with Gasteiger partial charge in [0, 0.05) is 12.0 Å². The van der Waals surface area contributed by atoms with Crippen LogP contribution in [-0.2, 0) is 6.42 Å². The van der Waals surface area contributed by atoms with Gasteiger partial charge in [-0.05, 0) is 17.7 Å². The van der Waals surface area contributed by atoms with E-state index in [-0.39, 0.29) is 23.3 Å². The van der Waals surface area contributed by atoms with Crippen molar-refractivity contribution >= 4 is 0 Å². The number of hydrogen-bond acceptors (Lipinski definition) is 2. The average molecular weight is 282 g/mol. The molecule has 1 unspecified atom stereocenters. The average Bonchev–Trinajstić information content (AvgIpc) is 2.44. The van der Waals surface area contributed by atoms with Gasteiger partial charge in [0.1, 0.15) is 0 Å². The molecule has 5 heteroatoms. The van der Waals surface area contributed by atoms with Crippen molar-refractivity contribution < 1.29 is 23.0 Å². The van der Waals surface area contributed by atoms with Crippen LogP contribution in [0.15, 0.2) is 36.4 Å². The summed E-state index contributed by atoms with van der Waals surface area (Å²) in [5.74, 6) is -2.75. The van der Waals surface area contributed by atoms with Gasteiger partial charge < -0.3 is 9.84 Å². The van der Waals surface area contributed by atoms with E-state index in [0.29, 0.717) is 0 Å². The van der Waals surface area contributed by atoms with Crippen LogP contribution in [-0.4, -0.2) is 12.2 Å². The third-order valence-electron chi connectivity index (χ3n) is 3.02. The number of aliphatic hydroxyl groups is 1. The highest BCUT2D eigenvalue weighted by Gasteiger charge is 2.19. The van der Waals surface area contributed by atoms with E-state index in [2.05, 4.69) is 0 Å². The van der Waals surface area contributed by atoms with Gasteiger partial charge in [0.05, 0.1) is 13.2 Å². The van der Waals surface area contributed by atoms with Crippen molar-refractivity contribution in [3.63, 3.8) is 0 Å². The van der Waals surface area contributed by atoms with Crippen LogP contribution >= 0.6 is 0 Å². The van der Waals surface area contributed by atoms with Gasteiger partial charge in [-0.3, -0.25) is 0 Å². The lowest BCUT2D eigenvalue weighted by atomic mass is 10.00. The highest BCUT2D eigenvalue weighted by molar-refractivity contribution is 5.33. The van der Waals surface area contributed by atoms with Crippen molar-refractivity contribution in [3.05, 3.63) is 65.0 Å². The Morgan fingerprint density at radius 1 is 1.05 bits per heavy atom. The summed E-state index contributed by atoms with van der Waals surface area (Å²) in [6.45, 7) is 0. The molecular formula is C15H13F3O2. The largest absolute Gasteiger partial charge is 0.494 e. The fourth-order valence-electron chi connectivity index (χ4n) is 1.97. The normalized spacial score (nSPS) is 12.2. The van der Waals surface area contributed by atoms with E-state index < -0.39 is 23.6 Å². The van der Waals surface area contributed by atoms with Gasteiger partial charge in [-0.2, -0.15) is 0 Å². The highest BCUT2D eigenvalue weighted by Crippen LogP contribution is 2.28. The molecule has 20 heavy (non-hydrogen) atoms. The number of aliphatic hydroxyl groups excluding tert-OH is 1. The van der Waals surface area contributed by atoms with E-state index >= 15 is 0 Å². The zero-order valence-corrected chi connectivity index (χ0v) is 10.7. The van der Waals surface area contributed by atoms with Crippen molar-refractivity contribution in [2.24, 2.45) is 0 Å². The van der Waals surface area contributed by atoms with E-state index in [9.17, 15) is 18.3 Å². The molecule has 0 bridgehead atoms. The minimum atomic E-state index is -1.29. The molecule has 0 aliphatic rings. The Morgan fingerprint density at radius 2 is 1.75 bits per heavy atom. The van der Waals surface area contributed by atoms with E-state index in [0.717, 1.165) is 6.07 Å². The zero-order chi connectivity index (χ0) is 14.7. The van der Waals surface area contributed by atoms with Crippen LogP contribution in [0.4, 0.5) is 13.2 Å². The molecule has 0 spiro atoms. The molecule has 1 atom stereocenters. The Bertz CT molecular complexity index is 614. The lowest BCUT2D eigenvalue weighted by molar-refractivity contribution is 0.171. The molecule has 106 valence electrons. The van der Waals surface area contributed by atoms with E-state index in [1.807, 2.05) is 0 Å². The van der Waals surface area contributed by atoms with Crippen LogP contribution in [0, 0.1) is 17.5 Å². The number of hydrogen-bond donors (Lipinski definition) is 1. The van der Waals surface area contributed by atoms with Gasteiger partial charge >= 0.3 is 0 Å². The minimum Gasteiger partial charge on any atom is -0.494 e. The number of benzene rings is 2. The maximum Gasteiger partial charge on any atom is 0.170 e. The molecule has 0 saturated carbocycles. The minimum absolute atomic E-state index is 0.0127. The summed E-state index contributed by atoms with van der Waals surface area (Å²) < 4.78 is 45.4. The molecule has 2 nitrogen and oxygen atoms in total. The summed E-state index contributed by atoms with van der Waals surface area (Å²) in [7, 11) is 1.31. The first-order chi connectivity index (χ1) is 9.54. The lowest BCUT2D eigenvalue weighted by Gasteiger charge is -2.14. The van der Waals surface area contributed by atoms with Crippen molar-refractivity contribution in [2.75, 3.05) is 7.11 Å². The third kappa shape index (κ3) is 2.77. The molecule has 0 fully saturated rings. The summed E-state index contributed by atoms with van der Waals surface area (Å²) in [5, 5.41) is 10.0. The fraction of sp³-hybridized carbons (Fsp3) is 0.200. The Balaban J connectivity index is 2.28. The molecular weight excluding hydrogens is 269 g/mol. The number of halogens is 3. The van der Waals surface area contributed by atoms with E-state index in [4.69, 9.17) is 4.74 Å². The topological polar surface area (TPSA) is 29.5 Å². The monoisotopic (exact) mass is 282 g/mol. The van der Waals surface area contributed by atoms with Gasteiger partial charge in [-0.15, -0.1) is 0 Å². The highest BCUT2D eigenvalue weighted by atomic mass is 19.2. The molecule has 0 saturated heterocycles. The Morgan fingerprint density at radius 3 is 2.45 bits per heavy atom. The molecule has 2 aromatic rings. The van der Waals surface area contributed by atoms with Gasteiger partial charge in [0.15, 0.2) is 23.2 Å². The van der Waals surface area contributed by atoms with Crippen molar-refractivity contribution in [1.82, 2.24) is 0 Å². The quantitative estimate of drug-likeness (QED) is 0.931. The predicted molar refractivity (Wildman–Crippen MR) is 68.0 cm³/mol. The molecule has 0 radical (unpaired) electrons. The first kappa shape index (κ1) is 14.4. The second-order valence-electron chi connectivity index (χ2n) is 4.30. The number of methoxy groups -OCH3 is 1. The second-order valence-corrected chi connectivity index (χ2v) is 4.30. The summed E-state index contributed by atoms with van der Waals surface area (Å²) in [4.78, 5) is 0. The van der Waals surface area contributed by atoms with E-state index in [1.54, 1.807) is 0 Å². The van der Waals surface area contributed by atoms with Gasteiger partial charge in [0.2, 0.25) is 0 Å². The Hall–Kier alpha value is -2.01. The predicted octanol–water partition coefficient (Wildman–Crippen LogP) is 3.39. The zero-order valence-electron chi connectivity index (χ0n) is 10.7. The maximum absolute atomic E-state index is 14.0. The van der Waals surface area contributed by atoms with E-state index in [1.165, 1.54) is 37.4 Å². The van der Waals surface area contributed by atoms with Crippen LogP contribution in [0.25, 0.3) is 0 Å². The first-order valence-electron chi connectivity index (χ1n) is 5.98. The molecule has 1 N–H and O–H groups in total. The van der Waals surface area contributed by atoms with Crippen molar-refractivity contribution in [3.8, 4) is 5.75 Å². The molecule has 2 rings (SSSR count). The fourth-order valence-corrected chi connectivity index (χ4v) is 1.97. The van der Waals surface area contributed by atoms with Crippen LogP contribution in [0.1, 0.15) is 17.2 Å². The van der Waals surface area contributed by atoms with Crippen LogP contribution in [0.2, 0.25) is 0 Å². The molecule has 0 aliphatic heterocycles. The molecule has 2 aromatic carbocycles. The van der Waals surface area contributed by atoms with Crippen molar-refractivity contribution in [1.29, 1.82) is 0 Å². The summed E-state index contributed by atoms with van der Waals surface area (Å²) in [5.41, 5.74) is -0.0345. The summed E-state index contributed by atoms with van der Waals surface area (Å²) in [6, 6.07) is 7.97. The van der Waals surface area contributed by atoms with Crippen molar-refractivity contribution in [2.45, 2.75) is 12.5 Å².